The molecule has 10 nitrogen and oxygen atoms in total. The van der Waals surface area contributed by atoms with Crippen molar-refractivity contribution in [2.45, 2.75) is 81.0 Å². The minimum atomic E-state index is -5.94. The summed E-state index contributed by atoms with van der Waals surface area (Å²) in [5.74, 6) is -2.91. The number of esters is 3. The predicted octanol–water partition coefficient (Wildman–Crippen LogP) is 1.86. The number of alkyl halides is 2. The molecule has 7 atom stereocenters. The number of carbonyl (C=O) groups excluding carboxylic acids is 3. The van der Waals surface area contributed by atoms with Gasteiger partial charge < -0.3 is 18.9 Å². The van der Waals surface area contributed by atoms with Crippen molar-refractivity contribution in [1.82, 2.24) is 0 Å². The molecule has 1 N–H and O–H groups in total. The minimum Gasteiger partial charge on any atom is -0.458 e. The summed E-state index contributed by atoms with van der Waals surface area (Å²) in [6, 6.07) is 0. The fraction of sp³-hybridized carbons (Fsp3) is 0.864. The second-order valence-electron chi connectivity index (χ2n) is 11.0. The molecule has 0 radical (unpaired) electrons. The molecule has 4 saturated carbocycles. The van der Waals surface area contributed by atoms with Crippen LogP contribution in [0.3, 0.4) is 0 Å². The fourth-order valence-electron chi connectivity index (χ4n) is 7.19. The van der Waals surface area contributed by atoms with Crippen LogP contribution >= 0.6 is 0 Å². The number of ether oxygens (including phenoxy) is 4. The molecule has 1 aliphatic heterocycles. The van der Waals surface area contributed by atoms with Crippen LogP contribution in [0.4, 0.5) is 8.78 Å². The maximum Gasteiger partial charge on any atom is 0.465 e. The number of rotatable bonds is 7. The predicted molar refractivity (Wildman–Crippen MR) is 110 cm³/mol. The van der Waals surface area contributed by atoms with Crippen LogP contribution in [0.15, 0.2) is 0 Å². The van der Waals surface area contributed by atoms with E-state index in [9.17, 15) is 31.6 Å². The van der Waals surface area contributed by atoms with Gasteiger partial charge in [-0.25, -0.2) is 9.59 Å². The molecule has 13 heteroatoms. The van der Waals surface area contributed by atoms with E-state index in [-0.39, 0.29) is 67.2 Å². The highest BCUT2D eigenvalue weighted by molar-refractivity contribution is 7.87. The van der Waals surface area contributed by atoms with Crippen LogP contribution in [0.5, 0.6) is 0 Å². The molecule has 0 amide bonds. The Morgan fingerprint density at radius 2 is 1.80 bits per heavy atom. The Balaban J connectivity index is 1.11. The molecule has 0 aromatic rings. The lowest BCUT2D eigenvalue weighted by Crippen LogP contribution is -2.49. The minimum absolute atomic E-state index is 0.0407. The van der Waals surface area contributed by atoms with E-state index in [1.807, 2.05) is 0 Å². The molecular weight excluding hydrogens is 494 g/mol. The number of carbonyl (C=O) groups is 3. The lowest BCUT2D eigenvalue weighted by atomic mass is 9.65. The topological polar surface area (TPSA) is 142 Å². The first-order valence-electron chi connectivity index (χ1n) is 11.9. The van der Waals surface area contributed by atoms with E-state index in [1.165, 1.54) is 6.92 Å². The van der Waals surface area contributed by atoms with Crippen molar-refractivity contribution in [1.29, 1.82) is 0 Å². The van der Waals surface area contributed by atoms with Crippen molar-refractivity contribution in [3.05, 3.63) is 0 Å². The second-order valence-corrected chi connectivity index (χ2v) is 12.4. The van der Waals surface area contributed by atoms with Crippen molar-refractivity contribution in [2.24, 2.45) is 29.6 Å². The number of hydrogen-bond acceptors (Lipinski definition) is 9. The Morgan fingerprint density at radius 3 is 2.43 bits per heavy atom. The van der Waals surface area contributed by atoms with Crippen LogP contribution < -0.4 is 0 Å². The molecule has 5 aliphatic rings. The molecule has 196 valence electrons. The lowest BCUT2D eigenvalue weighted by Gasteiger charge is -2.46. The van der Waals surface area contributed by atoms with Gasteiger partial charge in [-0.2, -0.15) is 17.2 Å². The molecule has 7 unspecified atom stereocenters. The Kier molecular flexibility index (Phi) is 5.91. The zero-order valence-corrected chi connectivity index (χ0v) is 19.9. The Bertz CT molecular complexity index is 1020. The van der Waals surface area contributed by atoms with Gasteiger partial charge in [0.15, 0.2) is 0 Å². The molecule has 5 rings (SSSR count). The first kappa shape index (κ1) is 24.8. The summed E-state index contributed by atoms with van der Waals surface area (Å²) in [4.78, 5) is 36.1. The van der Waals surface area contributed by atoms with Gasteiger partial charge in [-0.05, 0) is 63.7 Å². The van der Waals surface area contributed by atoms with E-state index < -0.39 is 39.0 Å². The standard InChI is InChI=1S/C22H28F2O10S/c1-21(34-20(27)22(23,24)35(28,29)30)7-10-2-11(8-21)4-13(3-10)31-9-16(25)32-17-12-5-14-15(6-12)19(26)33-18(14)17/h10-15,17-18H,2-9H2,1H3,(H,28,29,30). The third kappa shape index (κ3) is 4.43. The van der Waals surface area contributed by atoms with Gasteiger partial charge >= 0.3 is 33.3 Å². The summed E-state index contributed by atoms with van der Waals surface area (Å²) in [6.45, 7) is 1.22. The maximum atomic E-state index is 13.6. The van der Waals surface area contributed by atoms with Gasteiger partial charge in [0.1, 0.15) is 24.4 Å². The van der Waals surface area contributed by atoms with Gasteiger partial charge in [0.05, 0.1) is 12.0 Å². The molecule has 0 spiro atoms. The zero-order chi connectivity index (χ0) is 25.3. The third-order valence-corrected chi connectivity index (χ3v) is 9.13. The SMILES string of the molecule is CC1(OC(=O)C(F)(F)S(=O)(=O)O)CC2CC(CC(OCC(=O)OC3C4CC5C(=O)OC3C5C4)C2)C1. The molecule has 0 aromatic heterocycles. The monoisotopic (exact) mass is 522 g/mol. The van der Waals surface area contributed by atoms with E-state index in [0.29, 0.717) is 19.3 Å². The number of fused-ring (bicyclic) bond motifs is 3. The molecule has 1 saturated heterocycles. The van der Waals surface area contributed by atoms with Crippen LogP contribution in [0.25, 0.3) is 0 Å². The van der Waals surface area contributed by atoms with Gasteiger partial charge in [0.25, 0.3) is 0 Å². The van der Waals surface area contributed by atoms with Crippen LogP contribution in [-0.2, 0) is 43.4 Å². The Labute approximate surface area is 200 Å². The number of hydrogen-bond donors (Lipinski definition) is 1. The van der Waals surface area contributed by atoms with Crippen molar-refractivity contribution in [3.63, 3.8) is 0 Å². The highest BCUT2D eigenvalue weighted by atomic mass is 32.2. The van der Waals surface area contributed by atoms with E-state index in [1.54, 1.807) is 0 Å². The third-order valence-electron chi connectivity index (χ3n) is 8.32. The highest BCUT2D eigenvalue weighted by Crippen LogP contribution is 2.55. The molecule has 4 bridgehead atoms. The molecular formula is C22H28F2O10S. The van der Waals surface area contributed by atoms with Crippen molar-refractivity contribution in [3.8, 4) is 0 Å². The molecule has 0 aromatic carbocycles. The summed E-state index contributed by atoms with van der Waals surface area (Å²) in [6.07, 6.45) is 2.70. The maximum absolute atomic E-state index is 13.6. The van der Waals surface area contributed by atoms with E-state index in [2.05, 4.69) is 0 Å². The molecule has 35 heavy (non-hydrogen) atoms. The first-order chi connectivity index (χ1) is 16.3. The van der Waals surface area contributed by atoms with Crippen LogP contribution in [0, 0.1) is 29.6 Å². The van der Waals surface area contributed by atoms with Crippen LogP contribution in [-0.4, -0.2) is 66.7 Å². The van der Waals surface area contributed by atoms with E-state index in [4.69, 9.17) is 23.5 Å². The zero-order valence-electron chi connectivity index (χ0n) is 19.1. The van der Waals surface area contributed by atoms with Crippen LogP contribution in [0.1, 0.15) is 51.9 Å². The normalized spacial score (nSPS) is 42.0. The fourth-order valence-corrected chi connectivity index (χ4v) is 7.44. The van der Waals surface area contributed by atoms with Crippen molar-refractivity contribution >= 4 is 28.0 Å². The summed E-state index contributed by atoms with van der Waals surface area (Å²) in [5, 5.41) is -5.04. The summed E-state index contributed by atoms with van der Waals surface area (Å²) >= 11 is 0. The molecule has 5 fully saturated rings. The Morgan fingerprint density at radius 1 is 1.14 bits per heavy atom. The largest absolute Gasteiger partial charge is 0.465 e. The average molecular weight is 523 g/mol. The quantitative estimate of drug-likeness (QED) is 0.299. The summed E-state index contributed by atoms with van der Waals surface area (Å²) < 4.78 is 79.3. The van der Waals surface area contributed by atoms with Crippen molar-refractivity contribution in [2.75, 3.05) is 6.61 Å². The van der Waals surface area contributed by atoms with Gasteiger partial charge in [0, 0.05) is 11.8 Å². The highest BCUT2D eigenvalue weighted by Gasteiger charge is 2.63. The van der Waals surface area contributed by atoms with Crippen molar-refractivity contribution < 1.29 is 55.1 Å². The Hall–Kier alpha value is -1.86. The second kappa shape index (κ2) is 8.34. The number of halogens is 2. The lowest BCUT2D eigenvalue weighted by molar-refractivity contribution is -0.187. The van der Waals surface area contributed by atoms with Crippen LogP contribution in [0.2, 0.25) is 0 Å². The summed E-state index contributed by atoms with van der Waals surface area (Å²) in [7, 11) is -5.94. The van der Waals surface area contributed by atoms with E-state index >= 15 is 0 Å². The van der Waals surface area contributed by atoms with Gasteiger partial charge in [-0.15, -0.1) is 0 Å². The first-order valence-corrected chi connectivity index (χ1v) is 13.3. The molecule has 1 heterocycles. The van der Waals surface area contributed by atoms with E-state index in [0.717, 1.165) is 12.8 Å². The average Bonchev–Trinajstić information content (AvgIpc) is 3.35. The van der Waals surface area contributed by atoms with Gasteiger partial charge in [-0.3, -0.25) is 9.35 Å². The molecule has 4 aliphatic carbocycles. The smallest absolute Gasteiger partial charge is 0.458 e. The van der Waals surface area contributed by atoms with Gasteiger partial charge in [0.2, 0.25) is 0 Å². The van der Waals surface area contributed by atoms with Gasteiger partial charge in [-0.1, -0.05) is 0 Å². The summed E-state index contributed by atoms with van der Waals surface area (Å²) in [5.41, 5.74) is -1.30.